The van der Waals surface area contributed by atoms with E-state index >= 15 is 0 Å². The van der Waals surface area contributed by atoms with Gasteiger partial charge in [-0.2, -0.15) is 0 Å². The van der Waals surface area contributed by atoms with Crippen LogP contribution >= 0.6 is 0 Å². The molecule has 0 aliphatic heterocycles. The summed E-state index contributed by atoms with van der Waals surface area (Å²) in [4.78, 5) is 10.6. The lowest BCUT2D eigenvalue weighted by molar-refractivity contribution is -0.142. The smallest absolute Gasteiger partial charge is 0.302 e. The monoisotopic (exact) mass is 248 g/mol. The van der Waals surface area contributed by atoms with E-state index in [0.717, 1.165) is 11.1 Å². The first kappa shape index (κ1) is 19.1. The maximum absolute atomic E-state index is 10.6. The van der Waals surface area contributed by atoms with E-state index in [4.69, 9.17) is 12.6 Å². The number of rotatable bonds is 2. The average Bonchev–Trinajstić information content (AvgIpc) is 2.34. The Bertz CT molecular complexity index is 335. The van der Waals surface area contributed by atoms with Crippen molar-refractivity contribution in [3.8, 4) is 0 Å². The molecule has 0 atom stereocenters. The second-order valence-electron chi connectivity index (χ2n) is 3.69. The van der Waals surface area contributed by atoms with Crippen molar-refractivity contribution < 1.29 is 9.53 Å². The molecule has 18 heavy (non-hydrogen) atoms. The van der Waals surface area contributed by atoms with Gasteiger partial charge in [0.2, 0.25) is 0 Å². The molecular weight excluding hydrogens is 223 g/mol. The Kier molecular flexibility index (Phi) is 13.0. The second kappa shape index (κ2) is 12.2. The van der Waals surface area contributed by atoms with Gasteiger partial charge in [0, 0.05) is 6.92 Å². The SMILES string of the molecule is CC.CCC.[B]c1ccc(C)cc1COC(C)=O. The molecule has 0 spiro atoms. The van der Waals surface area contributed by atoms with Crippen LogP contribution in [0.3, 0.4) is 0 Å². The Morgan fingerprint density at radius 2 is 1.78 bits per heavy atom. The molecule has 100 valence electrons. The highest BCUT2D eigenvalue weighted by atomic mass is 16.5. The fraction of sp³-hybridized carbons (Fsp3) is 0.533. The van der Waals surface area contributed by atoms with Gasteiger partial charge in [-0.25, -0.2) is 0 Å². The molecule has 1 aromatic carbocycles. The summed E-state index contributed by atoms with van der Waals surface area (Å²) in [5.74, 6) is -0.291. The number of carbonyl (C=O) groups excluding carboxylic acids is 1. The van der Waals surface area contributed by atoms with Crippen molar-refractivity contribution in [2.75, 3.05) is 0 Å². The van der Waals surface area contributed by atoms with Crippen LogP contribution in [0.15, 0.2) is 18.2 Å². The van der Waals surface area contributed by atoms with Crippen molar-refractivity contribution in [3.63, 3.8) is 0 Å². The molecule has 0 saturated carbocycles. The molecule has 0 saturated heterocycles. The van der Waals surface area contributed by atoms with Gasteiger partial charge in [-0.05, 0) is 12.5 Å². The number of carbonyl (C=O) groups is 1. The van der Waals surface area contributed by atoms with Gasteiger partial charge in [-0.15, -0.1) is 0 Å². The van der Waals surface area contributed by atoms with Crippen molar-refractivity contribution in [1.29, 1.82) is 0 Å². The van der Waals surface area contributed by atoms with Crippen LogP contribution in [0.2, 0.25) is 0 Å². The van der Waals surface area contributed by atoms with Gasteiger partial charge in [-0.1, -0.05) is 63.3 Å². The number of benzene rings is 1. The van der Waals surface area contributed by atoms with Gasteiger partial charge in [0.05, 0.1) is 0 Å². The first-order valence-electron chi connectivity index (χ1n) is 6.49. The topological polar surface area (TPSA) is 26.3 Å². The van der Waals surface area contributed by atoms with E-state index in [9.17, 15) is 4.79 Å². The van der Waals surface area contributed by atoms with E-state index in [1.807, 2.05) is 39.0 Å². The van der Waals surface area contributed by atoms with Crippen LogP contribution in [0.4, 0.5) is 0 Å². The van der Waals surface area contributed by atoms with E-state index in [1.54, 1.807) is 0 Å². The number of ether oxygens (including phenoxy) is 1. The molecular formula is C15H25BO2. The summed E-state index contributed by atoms with van der Waals surface area (Å²) in [5.41, 5.74) is 2.62. The fourth-order valence-electron chi connectivity index (χ4n) is 1.04. The maximum atomic E-state index is 10.6. The third-order valence-corrected chi connectivity index (χ3v) is 1.73. The van der Waals surface area contributed by atoms with Crippen LogP contribution in [0, 0.1) is 6.92 Å². The molecule has 0 unspecified atom stereocenters. The van der Waals surface area contributed by atoms with Crippen LogP contribution in [0.25, 0.3) is 0 Å². The molecule has 0 fully saturated rings. The lowest BCUT2D eigenvalue weighted by Crippen LogP contribution is -2.12. The highest BCUT2D eigenvalue weighted by molar-refractivity contribution is 6.33. The second-order valence-corrected chi connectivity index (χ2v) is 3.69. The van der Waals surface area contributed by atoms with Gasteiger partial charge < -0.3 is 4.74 Å². The number of esters is 1. The van der Waals surface area contributed by atoms with Gasteiger partial charge in [0.15, 0.2) is 0 Å². The highest BCUT2D eigenvalue weighted by Crippen LogP contribution is 2.02. The van der Waals surface area contributed by atoms with Crippen LogP contribution in [-0.2, 0) is 16.1 Å². The number of aryl methyl sites for hydroxylation is 1. The predicted molar refractivity (Wildman–Crippen MR) is 79.4 cm³/mol. The quantitative estimate of drug-likeness (QED) is 0.593. The Labute approximate surface area is 113 Å². The van der Waals surface area contributed by atoms with E-state index in [0.29, 0.717) is 5.46 Å². The molecule has 0 aromatic heterocycles. The molecule has 3 heteroatoms. The summed E-state index contributed by atoms with van der Waals surface area (Å²) in [6.07, 6.45) is 1.25. The first-order chi connectivity index (χ1) is 8.51. The van der Waals surface area contributed by atoms with Crippen LogP contribution < -0.4 is 5.46 Å². The van der Waals surface area contributed by atoms with Gasteiger partial charge in [-0.3, -0.25) is 4.79 Å². The fourth-order valence-corrected chi connectivity index (χ4v) is 1.04. The lowest BCUT2D eigenvalue weighted by Gasteiger charge is -2.06. The third kappa shape index (κ3) is 9.94. The standard InChI is InChI=1S/C10H11BO2.C3H8.C2H6/c1-7-3-4-10(11)9(5-7)6-13-8(2)12;1-3-2;1-2/h3-5H,6H2,1-2H3;3H2,1-2H3;1-2H3. The highest BCUT2D eigenvalue weighted by Gasteiger charge is 1.99. The molecule has 0 bridgehead atoms. The van der Waals surface area contributed by atoms with E-state index in [1.165, 1.54) is 13.3 Å². The summed E-state index contributed by atoms with van der Waals surface area (Å²) < 4.78 is 4.84. The molecule has 0 amide bonds. The average molecular weight is 248 g/mol. The molecule has 1 aromatic rings. The zero-order valence-electron chi connectivity index (χ0n) is 12.5. The molecule has 0 N–H and O–H groups in total. The van der Waals surface area contributed by atoms with Crippen molar-refractivity contribution in [1.82, 2.24) is 0 Å². The Morgan fingerprint density at radius 3 is 2.22 bits per heavy atom. The van der Waals surface area contributed by atoms with Gasteiger partial charge in [0.25, 0.3) is 0 Å². The molecule has 0 heterocycles. The molecule has 1 rings (SSSR count). The zero-order chi connectivity index (χ0) is 14.6. The maximum Gasteiger partial charge on any atom is 0.302 e. The van der Waals surface area contributed by atoms with E-state index in [2.05, 4.69) is 13.8 Å². The summed E-state index contributed by atoms with van der Waals surface area (Å²) in [6.45, 7) is 11.9. The predicted octanol–water partition coefficient (Wildman–Crippen LogP) is 3.29. The minimum absolute atomic E-state index is 0.253. The first-order valence-corrected chi connectivity index (χ1v) is 6.49. The normalized spacial score (nSPS) is 8.33. The van der Waals surface area contributed by atoms with Crippen LogP contribution in [0.5, 0.6) is 0 Å². The molecule has 2 radical (unpaired) electrons. The van der Waals surface area contributed by atoms with Crippen LogP contribution in [-0.4, -0.2) is 13.8 Å². The summed E-state index contributed by atoms with van der Waals surface area (Å²) in [5, 5.41) is 0. The van der Waals surface area contributed by atoms with E-state index < -0.39 is 0 Å². The van der Waals surface area contributed by atoms with Crippen molar-refractivity contribution in [2.24, 2.45) is 0 Å². The van der Waals surface area contributed by atoms with Gasteiger partial charge in [0.1, 0.15) is 14.5 Å². The lowest BCUT2D eigenvalue weighted by atomic mass is 9.90. The molecule has 2 nitrogen and oxygen atoms in total. The van der Waals surface area contributed by atoms with Crippen molar-refractivity contribution in [3.05, 3.63) is 29.3 Å². The van der Waals surface area contributed by atoms with Crippen molar-refractivity contribution >= 4 is 19.3 Å². The minimum atomic E-state index is -0.291. The Balaban J connectivity index is 0. The summed E-state index contributed by atoms with van der Waals surface area (Å²) in [7, 11) is 5.68. The van der Waals surface area contributed by atoms with Crippen LogP contribution in [0.1, 0.15) is 52.2 Å². The molecule has 0 aliphatic carbocycles. The number of hydrogen-bond acceptors (Lipinski definition) is 2. The Hall–Kier alpha value is -1.25. The largest absolute Gasteiger partial charge is 0.461 e. The minimum Gasteiger partial charge on any atom is -0.461 e. The zero-order valence-corrected chi connectivity index (χ0v) is 12.5. The third-order valence-electron chi connectivity index (χ3n) is 1.73. The summed E-state index contributed by atoms with van der Waals surface area (Å²) >= 11 is 0. The Morgan fingerprint density at radius 1 is 1.28 bits per heavy atom. The van der Waals surface area contributed by atoms with Gasteiger partial charge >= 0.3 is 5.97 Å². The molecule has 0 aliphatic rings. The number of hydrogen-bond donors (Lipinski definition) is 0. The van der Waals surface area contributed by atoms with Crippen molar-refractivity contribution in [2.45, 2.75) is 54.6 Å². The summed E-state index contributed by atoms with van der Waals surface area (Å²) in [6, 6.07) is 5.65. The van der Waals surface area contributed by atoms with E-state index in [-0.39, 0.29) is 12.6 Å².